The second-order valence-corrected chi connectivity index (χ2v) is 12.1. The zero-order chi connectivity index (χ0) is 32.5. The number of aliphatic hydroxyl groups excluding tert-OH is 1. The van der Waals surface area contributed by atoms with E-state index in [-0.39, 0.29) is 29.1 Å². The van der Waals surface area contributed by atoms with E-state index in [1.807, 2.05) is 11.0 Å². The van der Waals surface area contributed by atoms with Gasteiger partial charge in [-0.25, -0.2) is 0 Å². The van der Waals surface area contributed by atoms with Crippen molar-refractivity contribution < 1.29 is 38.4 Å². The summed E-state index contributed by atoms with van der Waals surface area (Å²) in [5, 5.41) is 14.4. The number of anilines is 2. The van der Waals surface area contributed by atoms with E-state index in [9.17, 15) is 19.5 Å². The minimum atomic E-state index is -1.21. The fourth-order valence-corrected chi connectivity index (χ4v) is 6.71. The summed E-state index contributed by atoms with van der Waals surface area (Å²) >= 11 is 0. The molecule has 0 aliphatic carbocycles. The molecule has 2 saturated heterocycles. The maximum absolute atomic E-state index is 13.4. The third-order valence-corrected chi connectivity index (χ3v) is 9.07. The van der Waals surface area contributed by atoms with Crippen LogP contribution in [0.2, 0.25) is 0 Å². The molecule has 244 valence electrons. The van der Waals surface area contributed by atoms with Gasteiger partial charge in [0.1, 0.15) is 0 Å². The van der Waals surface area contributed by atoms with Gasteiger partial charge in [0.15, 0.2) is 29.2 Å². The fraction of sp³-hybridized carbons (Fsp3) is 0.441. The number of unbranched alkanes of at least 4 members (excludes halogenated alkanes) is 2. The van der Waals surface area contributed by atoms with Crippen LogP contribution in [0.3, 0.4) is 0 Å². The van der Waals surface area contributed by atoms with Gasteiger partial charge < -0.3 is 39.2 Å². The third kappa shape index (κ3) is 5.73. The molecule has 0 bridgehead atoms. The lowest BCUT2D eigenvalue weighted by Crippen LogP contribution is -2.48. The van der Waals surface area contributed by atoms with Crippen molar-refractivity contribution in [2.75, 3.05) is 57.3 Å². The maximum Gasteiger partial charge on any atom is 0.256 e. The Hall–Kier alpha value is -4.71. The molecule has 46 heavy (non-hydrogen) atoms. The SMILES string of the molecule is C=C1C[C@H]2CNc3cc(OCCCCCOc4cc5c(cc4OC)C(=O)N4CC(=C)C[C@H]4[C@H](O)N5C=O)c(OC)cc3C(=O)N2C1. The number of amides is 3. The lowest BCUT2D eigenvalue weighted by atomic mass is 10.1. The summed E-state index contributed by atoms with van der Waals surface area (Å²) in [6, 6.07) is 6.23. The number of benzene rings is 2. The number of carbonyl (C=O) groups excluding carboxylic acids is 3. The molecule has 2 aromatic rings. The Morgan fingerprint density at radius 2 is 1.46 bits per heavy atom. The van der Waals surface area contributed by atoms with E-state index in [4.69, 9.17) is 18.9 Å². The summed E-state index contributed by atoms with van der Waals surface area (Å²) in [5.41, 5.74) is 3.70. The van der Waals surface area contributed by atoms with Gasteiger partial charge in [-0.05, 0) is 44.2 Å². The van der Waals surface area contributed by atoms with Gasteiger partial charge in [0.25, 0.3) is 11.8 Å². The molecule has 0 spiro atoms. The molecule has 12 nitrogen and oxygen atoms in total. The number of hydrogen-bond acceptors (Lipinski definition) is 9. The molecular weight excluding hydrogens is 592 g/mol. The molecular formula is C34H40N4O8. The Bertz CT molecular complexity index is 1570. The zero-order valence-corrected chi connectivity index (χ0v) is 26.3. The highest BCUT2D eigenvalue weighted by Crippen LogP contribution is 2.41. The fourth-order valence-electron chi connectivity index (χ4n) is 6.71. The summed E-state index contributed by atoms with van der Waals surface area (Å²) < 4.78 is 23.2. The molecule has 6 rings (SSSR count). The Morgan fingerprint density at radius 1 is 0.848 bits per heavy atom. The van der Waals surface area contributed by atoms with Gasteiger partial charge in [-0.2, -0.15) is 0 Å². The summed E-state index contributed by atoms with van der Waals surface area (Å²) in [6.45, 7) is 10.4. The summed E-state index contributed by atoms with van der Waals surface area (Å²) in [7, 11) is 3.05. The summed E-state index contributed by atoms with van der Waals surface area (Å²) in [4.78, 5) is 43.3. The van der Waals surface area contributed by atoms with Crippen molar-refractivity contribution in [1.82, 2.24) is 9.80 Å². The van der Waals surface area contributed by atoms with Crippen LogP contribution in [0.5, 0.6) is 23.0 Å². The predicted octanol–water partition coefficient (Wildman–Crippen LogP) is 3.59. The molecule has 0 aromatic heterocycles. The normalized spacial score (nSPS) is 21.9. The van der Waals surface area contributed by atoms with Crippen molar-refractivity contribution in [2.45, 2.75) is 50.4 Å². The number of aliphatic hydroxyl groups is 1. The first-order valence-corrected chi connectivity index (χ1v) is 15.5. The van der Waals surface area contributed by atoms with Crippen molar-refractivity contribution in [3.8, 4) is 23.0 Å². The second-order valence-electron chi connectivity index (χ2n) is 12.1. The monoisotopic (exact) mass is 632 g/mol. The van der Waals surface area contributed by atoms with Crippen molar-refractivity contribution in [2.24, 2.45) is 0 Å². The van der Waals surface area contributed by atoms with E-state index in [0.29, 0.717) is 80.7 Å². The second kappa shape index (κ2) is 13.0. The van der Waals surface area contributed by atoms with Gasteiger partial charge in [-0.15, -0.1) is 0 Å². The highest BCUT2D eigenvalue weighted by atomic mass is 16.5. The molecule has 0 radical (unpaired) electrons. The zero-order valence-electron chi connectivity index (χ0n) is 26.3. The van der Waals surface area contributed by atoms with E-state index < -0.39 is 12.3 Å². The number of methoxy groups -OCH3 is 2. The number of rotatable bonds is 11. The molecule has 4 aliphatic heterocycles. The number of fused-ring (bicyclic) bond motifs is 4. The maximum atomic E-state index is 13.4. The summed E-state index contributed by atoms with van der Waals surface area (Å²) in [6.07, 6.45) is 2.79. The van der Waals surface area contributed by atoms with E-state index >= 15 is 0 Å². The van der Waals surface area contributed by atoms with Crippen LogP contribution in [0.4, 0.5) is 11.4 Å². The molecule has 3 amide bonds. The van der Waals surface area contributed by atoms with Gasteiger partial charge in [0, 0.05) is 31.8 Å². The molecule has 4 heterocycles. The number of ether oxygens (including phenoxy) is 4. The Balaban J connectivity index is 1.05. The van der Waals surface area contributed by atoms with Gasteiger partial charge >= 0.3 is 0 Å². The number of hydrogen-bond donors (Lipinski definition) is 2. The standard InChI is InChI=1S/C34H40N4O8/c1-20-10-22-16-35-25-14-30(28(43-3)12-23(25)32(40)36(22)17-20)45-8-6-5-7-9-46-31-15-26-24(13-29(31)44-4)33(41)37-18-21(2)11-27(37)34(42)38(26)19-39/h12-15,19,22,27,34-35,42H,1-2,5-11,16-18H2,3-4H3/t22-,27-,34-/m0/s1. The van der Waals surface area contributed by atoms with Crippen molar-refractivity contribution in [3.05, 3.63) is 59.7 Å². The molecule has 0 unspecified atom stereocenters. The van der Waals surface area contributed by atoms with Crippen LogP contribution in [-0.2, 0) is 4.79 Å². The summed E-state index contributed by atoms with van der Waals surface area (Å²) in [5.74, 6) is 1.47. The van der Waals surface area contributed by atoms with Crippen LogP contribution < -0.4 is 29.2 Å². The van der Waals surface area contributed by atoms with E-state index in [0.717, 1.165) is 36.1 Å². The van der Waals surface area contributed by atoms with Gasteiger partial charge in [-0.1, -0.05) is 24.3 Å². The molecule has 4 aliphatic rings. The van der Waals surface area contributed by atoms with Crippen molar-refractivity contribution >= 4 is 29.6 Å². The van der Waals surface area contributed by atoms with Crippen LogP contribution in [0.1, 0.15) is 52.8 Å². The van der Waals surface area contributed by atoms with Crippen LogP contribution >= 0.6 is 0 Å². The highest BCUT2D eigenvalue weighted by molar-refractivity contribution is 6.04. The third-order valence-electron chi connectivity index (χ3n) is 9.07. The number of nitrogens with zero attached hydrogens (tertiary/aromatic N) is 3. The first-order chi connectivity index (χ1) is 22.2. The molecule has 2 fully saturated rings. The van der Waals surface area contributed by atoms with Crippen LogP contribution in [-0.4, -0.2) is 98.5 Å². The molecule has 0 saturated carbocycles. The average molecular weight is 633 g/mol. The number of carbonyl (C=O) groups is 3. The van der Waals surface area contributed by atoms with Gasteiger partial charge in [0.2, 0.25) is 6.41 Å². The van der Waals surface area contributed by atoms with E-state index in [1.165, 1.54) is 12.0 Å². The topological polar surface area (TPSA) is 130 Å². The Labute approximate surface area is 268 Å². The highest BCUT2D eigenvalue weighted by Gasteiger charge is 2.44. The predicted molar refractivity (Wildman–Crippen MR) is 171 cm³/mol. The first-order valence-electron chi connectivity index (χ1n) is 15.5. The quantitative estimate of drug-likeness (QED) is 0.217. The van der Waals surface area contributed by atoms with Crippen molar-refractivity contribution in [3.63, 3.8) is 0 Å². The first kappa shape index (κ1) is 31.3. The smallest absolute Gasteiger partial charge is 0.256 e. The van der Waals surface area contributed by atoms with Crippen molar-refractivity contribution in [1.29, 1.82) is 0 Å². The Kier molecular flexibility index (Phi) is 8.81. The Morgan fingerprint density at radius 3 is 2.13 bits per heavy atom. The van der Waals surface area contributed by atoms with Crippen LogP contribution in [0.15, 0.2) is 48.6 Å². The molecule has 2 N–H and O–H groups in total. The number of nitrogens with one attached hydrogen (secondary N) is 1. The lowest BCUT2D eigenvalue weighted by Gasteiger charge is -2.29. The van der Waals surface area contributed by atoms with E-state index in [2.05, 4.69) is 18.5 Å². The molecule has 2 aromatic carbocycles. The molecule has 3 atom stereocenters. The van der Waals surface area contributed by atoms with Crippen LogP contribution in [0, 0.1) is 0 Å². The lowest BCUT2D eigenvalue weighted by molar-refractivity contribution is -0.109. The van der Waals surface area contributed by atoms with Crippen LogP contribution in [0.25, 0.3) is 0 Å². The molecule has 12 heteroatoms. The minimum absolute atomic E-state index is 0.0344. The van der Waals surface area contributed by atoms with E-state index in [1.54, 1.807) is 30.2 Å². The minimum Gasteiger partial charge on any atom is -0.493 e. The van der Waals surface area contributed by atoms with Gasteiger partial charge in [-0.3, -0.25) is 19.3 Å². The average Bonchev–Trinajstić information content (AvgIpc) is 3.59. The largest absolute Gasteiger partial charge is 0.493 e. The van der Waals surface area contributed by atoms with Gasteiger partial charge in [0.05, 0.1) is 62.0 Å².